The van der Waals surface area contributed by atoms with Crippen LogP contribution in [0.2, 0.25) is 5.15 Å². The van der Waals surface area contributed by atoms with Crippen LogP contribution < -0.4 is 10.9 Å². The van der Waals surface area contributed by atoms with Gasteiger partial charge < -0.3 is 5.32 Å². The number of carbonyl (C=O) groups is 1. The van der Waals surface area contributed by atoms with Gasteiger partial charge in [0, 0.05) is 19.0 Å². The van der Waals surface area contributed by atoms with Crippen molar-refractivity contribution in [2.24, 2.45) is 0 Å². The largest absolute Gasteiger partial charge is 0.354 e. The Bertz CT molecular complexity index is 473. The van der Waals surface area contributed by atoms with Crippen LogP contribution in [-0.2, 0) is 11.3 Å². The number of amides is 1. The normalized spacial score (nSPS) is 10.6. The van der Waals surface area contributed by atoms with Gasteiger partial charge in [0.25, 0.3) is 5.56 Å². The highest BCUT2D eigenvalue weighted by Gasteiger charge is 2.08. The molecular formula is C10H13ClIN3O2. The van der Waals surface area contributed by atoms with E-state index < -0.39 is 0 Å². The fourth-order valence-electron chi connectivity index (χ4n) is 1.22. The van der Waals surface area contributed by atoms with Gasteiger partial charge in [0.1, 0.15) is 8.72 Å². The summed E-state index contributed by atoms with van der Waals surface area (Å²) in [5.74, 6) is -0.0862. The number of aryl methyl sites for hydroxylation is 1. The Labute approximate surface area is 118 Å². The van der Waals surface area contributed by atoms with E-state index in [1.54, 1.807) is 0 Å². The lowest BCUT2D eigenvalue weighted by atomic mass is 10.3. The molecule has 17 heavy (non-hydrogen) atoms. The number of nitrogens with one attached hydrogen (secondary N) is 1. The second-order valence-corrected chi connectivity index (χ2v) is 5.26. The number of hydrogen-bond acceptors (Lipinski definition) is 3. The van der Waals surface area contributed by atoms with E-state index in [-0.39, 0.29) is 29.1 Å². The van der Waals surface area contributed by atoms with Gasteiger partial charge >= 0.3 is 0 Å². The lowest BCUT2D eigenvalue weighted by Gasteiger charge is -2.09. The number of aromatic nitrogens is 2. The third-order valence-electron chi connectivity index (χ3n) is 1.97. The topological polar surface area (TPSA) is 64.0 Å². The predicted molar refractivity (Wildman–Crippen MR) is 74.1 cm³/mol. The van der Waals surface area contributed by atoms with Gasteiger partial charge in [-0.1, -0.05) is 11.6 Å². The summed E-state index contributed by atoms with van der Waals surface area (Å²) in [5, 5.41) is 2.95. The van der Waals surface area contributed by atoms with Gasteiger partial charge in [-0.2, -0.15) is 0 Å². The predicted octanol–water partition coefficient (Wildman–Crippen LogP) is 1.42. The molecule has 0 aliphatic carbocycles. The van der Waals surface area contributed by atoms with E-state index in [1.807, 2.05) is 36.4 Å². The lowest BCUT2D eigenvalue weighted by Crippen LogP contribution is -2.32. The Morgan fingerprint density at radius 1 is 1.65 bits per heavy atom. The average Bonchev–Trinajstić information content (AvgIpc) is 2.24. The third kappa shape index (κ3) is 4.27. The zero-order valence-corrected chi connectivity index (χ0v) is 12.4. The Morgan fingerprint density at radius 2 is 2.29 bits per heavy atom. The van der Waals surface area contributed by atoms with Crippen LogP contribution in [0.25, 0.3) is 0 Å². The summed E-state index contributed by atoms with van der Waals surface area (Å²) >= 11 is 7.55. The summed E-state index contributed by atoms with van der Waals surface area (Å²) < 4.78 is 1.75. The number of hydrogen-bond donors (Lipinski definition) is 1. The smallest absolute Gasteiger partial charge is 0.268 e. The van der Waals surface area contributed by atoms with Crippen LogP contribution >= 0.6 is 34.2 Å². The van der Waals surface area contributed by atoms with Gasteiger partial charge in [0.2, 0.25) is 5.91 Å². The van der Waals surface area contributed by atoms with Gasteiger partial charge in [0.15, 0.2) is 0 Å². The molecule has 0 fully saturated rings. The SMILES string of the molecule is CC(C)NC(=O)CCn1cnc(Cl)c(I)c1=O. The maximum absolute atomic E-state index is 11.7. The van der Waals surface area contributed by atoms with Crippen molar-refractivity contribution in [2.75, 3.05) is 0 Å². The summed E-state index contributed by atoms with van der Waals surface area (Å²) in [5.41, 5.74) is -0.219. The molecule has 0 unspecified atom stereocenters. The lowest BCUT2D eigenvalue weighted by molar-refractivity contribution is -0.121. The second-order valence-electron chi connectivity index (χ2n) is 3.82. The Kier molecular flexibility index (Phi) is 5.38. The summed E-state index contributed by atoms with van der Waals surface area (Å²) in [6.07, 6.45) is 1.60. The highest BCUT2D eigenvalue weighted by Crippen LogP contribution is 2.09. The molecule has 1 aromatic heterocycles. The van der Waals surface area contributed by atoms with Crippen molar-refractivity contribution in [1.82, 2.24) is 14.9 Å². The van der Waals surface area contributed by atoms with Crippen LogP contribution in [0.1, 0.15) is 20.3 Å². The molecular weight excluding hydrogens is 356 g/mol. The van der Waals surface area contributed by atoms with Crippen LogP contribution in [0.5, 0.6) is 0 Å². The molecule has 0 aliphatic heterocycles. The zero-order chi connectivity index (χ0) is 13.0. The highest BCUT2D eigenvalue weighted by molar-refractivity contribution is 14.1. The molecule has 0 radical (unpaired) electrons. The fourth-order valence-corrected chi connectivity index (χ4v) is 1.79. The maximum Gasteiger partial charge on any atom is 0.268 e. The van der Waals surface area contributed by atoms with Gasteiger partial charge in [-0.05, 0) is 36.4 Å². The first-order valence-electron chi connectivity index (χ1n) is 5.11. The standard InChI is InChI=1S/C10H13ClIN3O2/c1-6(2)14-7(16)3-4-15-5-13-9(11)8(12)10(15)17/h5-6H,3-4H2,1-2H3,(H,14,16). The summed E-state index contributed by atoms with van der Waals surface area (Å²) in [6.45, 7) is 4.07. The minimum absolute atomic E-state index is 0.0862. The molecule has 1 aromatic rings. The van der Waals surface area contributed by atoms with Crippen LogP contribution in [0.3, 0.4) is 0 Å². The quantitative estimate of drug-likeness (QED) is 0.645. The molecule has 94 valence electrons. The van der Waals surface area contributed by atoms with E-state index in [1.165, 1.54) is 10.9 Å². The Balaban J connectivity index is 2.68. The maximum atomic E-state index is 11.7. The van der Waals surface area contributed by atoms with Crippen molar-refractivity contribution in [3.05, 3.63) is 25.4 Å². The Hall–Kier alpha value is -0.630. The first-order valence-corrected chi connectivity index (χ1v) is 6.57. The first kappa shape index (κ1) is 14.4. The molecule has 0 saturated carbocycles. The van der Waals surface area contributed by atoms with Crippen LogP contribution in [-0.4, -0.2) is 21.5 Å². The van der Waals surface area contributed by atoms with Crippen LogP contribution in [0, 0.1) is 3.57 Å². The van der Waals surface area contributed by atoms with E-state index >= 15 is 0 Å². The zero-order valence-electron chi connectivity index (χ0n) is 9.54. The average molecular weight is 370 g/mol. The van der Waals surface area contributed by atoms with Crippen molar-refractivity contribution < 1.29 is 4.79 Å². The number of carbonyl (C=O) groups excluding carboxylic acids is 1. The van der Waals surface area contributed by atoms with Gasteiger partial charge in [0.05, 0.1) is 6.33 Å². The third-order valence-corrected chi connectivity index (χ3v) is 3.55. The second kappa shape index (κ2) is 6.34. The van der Waals surface area contributed by atoms with Crippen molar-refractivity contribution in [3.63, 3.8) is 0 Å². The van der Waals surface area contributed by atoms with Crippen LogP contribution in [0.4, 0.5) is 0 Å². The van der Waals surface area contributed by atoms with Crippen molar-refractivity contribution in [1.29, 1.82) is 0 Å². The molecule has 0 spiro atoms. The van der Waals surface area contributed by atoms with E-state index in [2.05, 4.69) is 10.3 Å². The summed E-state index contributed by atoms with van der Waals surface area (Å²) in [4.78, 5) is 27.0. The minimum Gasteiger partial charge on any atom is -0.354 e. The van der Waals surface area contributed by atoms with E-state index in [9.17, 15) is 9.59 Å². The minimum atomic E-state index is -0.219. The molecule has 1 rings (SSSR count). The highest BCUT2D eigenvalue weighted by atomic mass is 127. The number of rotatable bonds is 4. The molecule has 1 N–H and O–H groups in total. The van der Waals surface area contributed by atoms with E-state index in [0.29, 0.717) is 10.1 Å². The molecule has 1 heterocycles. The van der Waals surface area contributed by atoms with E-state index in [4.69, 9.17) is 11.6 Å². The molecule has 0 saturated heterocycles. The van der Waals surface area contributed by atoms with E-state index in [0.717, 1.165) is 0 Å². The van der Waals surface area contributed by atoms with Crippen molar-refractivity contribution in [2.45, 2.75) is 32.9 Å². The monoisotopic (exact) mass is 369 g/mol. The molecule has 0 atom stereocenters. The fraction of sp³-hybridized carbons (Fsp3) is 0.500. The molecule has 0 aliphatic rings. The number of nitrogens with zero attached hydrogens (tertiary/aromatic N) is 2. The molecule has 1 amide bonds. The summed E-state index contributed by atoms with van der Waals surface area (Å²) in [7, 11) is 0. The molecule has 0 aromatic carbocycles. The van der Waals surface area contributed by atoms with Gasteiger partial charge in [-0.3, -0.25) is 14.2 Å². The van der Waals surface area contributed by atoms with Crippen molar-refractivity contribution >= 4 is 40.1 Å². The molecule has 7 heteroatoms. The molecule has 5 nitrogen and oxygen atoms in total. The Morgan fingerprint density at radius 3 is 2.88 bits per heavy atom. The first-order chi connectivity index (χ1) is 7.91. The van der Waals surface area contributed by atoms with Gasteiger partial charge in [-0.25, -0.2) is 4.98 Å². The van der Waals surface area contributed by atoms with Crippen molar-refractivity contribution in [3.8, 4) is 0 Å². The van der Waals surface area contributed by atoms with Gasteiger partial charge in [-0.15, -0.1) is 0 Å². The number of halogens is 2. The summed E-state index contributed by atoms with van der Waals surface area (Å²) in [6, 6.07) is 0.0997. The molecule has 0 bridgehead atoms. The van der Waals surface area contributed by atoms with Crippen LogP contribution in [0.15, 0.2) is 11.1 Å².